The second-order valence-corrected chi connectivity index (χ2v) is 6.79. The number of likely N-dealkylation sites (tertiary alicyclic amines) is 1. The standard InChI is InChI=1S/C21H29NO5/c1-5-26-21(24)17-7-6-12-22(14-17)20(23)11-9-16-8-10-18(27-15(2)3)19(13-16)25-4/h8-11,13,15,17H,5-7,12,14H2,1-4H3/b11-9+. The molecule has 27 heavy (non-hydrogen) atoms. The van der Waals surface area contributed by atoms with Crippen LogP contribution in [0.1, 0.15) is 39.2 Å². The molecular formula is C21H29NO5. The van der Waals surface area contributed by atoms with Crippen LogP contribution in [0.3, 0.4) is 0 Å². The third-order valence-electron chi connectivity index (χ3n) is 4.32. The van der Waals surface area contributed by atoms with E-state index in [2.05, 4.69) is 0 Å². The first-order chi connectivity index (χ1) is 12.9. The third kappa shape index (κ3) is 6.01. The highest BCUT2D eigenvalue weighted by molar-refractivity contribution is 5.92. The minimum absolute atomic E-state index is 0.0494. The number of esters is 1. The van der Waals surface area contributed by atoms with Gasteiger partial charge >= 0.3 is 5.97 Å². The molecule has 6 heteroatoms. The van der Waals surface area contributed by atoms with Gasteiger partial charge in [-0.15, -0.1) is 0 Å². The van der Waals surface area contributed by atoms with Gasteiger partial charge < -0.3 is 19.1 Å². The van der Waals surface area contributed by atoms with Crippen molar-refractivity contribution in [2.24, 2.45) is 5.92 Å². The van der Waals surface area contributed by atoms with E-state index in [1.54, 1.807) is 25.0 Å². The Morgan fingerprint density at radius 2 is 2.07 bits per heavy atom. The van der Waals surface area contributed by atoms with Crippen molar-refractivity contribution < 1.29 is 23.8 Å². The van der Waals surface area contributed by atoms with Crippen molar-refractivity contribution in [1.29, 1.82) is 0 Å². The Balaban J connectivity index is 2.02. The van der Waals surface area contributed by atoms with Gasteiger partial charge in [-0.05, 0) is 57.4 Å². The van der Waals surface area contributed by atoms with Crippen molar-refractivity contribution in [3.05, 3.63) is 29.8 Å². The number of benzene rings is 1. The van der Waals surface area contributed by atoms with E-state index >= 15 is 0 Å². The zero-order valence-electron chi connectivity index (χ0n) is 16.6. The number of amides is 1. The molecule has 1 heterocycles. The van der Waals surface area contributed by atoms with Crippen molar-refractivity contribution >= 4 is 18.0 Å². The summed E-state index contributed by atoms with van der Waals surface area (Å²) in [5.41, 5.74) is 0.843. The lowest BCUT2D eigenvalue weighted by Gasteiger charge is -2.30. The topological polar surface area (TPSA) is 65.1 Å². The molecule has 1 aromatic carbocycles. The summed E-state index contributed by atoms with van der Waals surface area (Å²) < 4.78 is 16.1. The molecule has 1 aromatic rings. The predicted octanol–water partition coefficient (Wildman–Crippen LogP) is 3.30. The second kappa shape index (κ2) is 10.00. The molecule has 1 aliphatic heterocycles. The molecule has 0 N–H and O–H groups in total. The van der Waals surface area contributed by atoms with E-state index in [0.29, 0.717) is 31.2 Å². The maximum Gasteiger partial charge on any atom is 0.310 e. The van der Waals surface area contributed by atoms with Gasteiger partial charge in [0.1, 0.15) is 0 Å². The lowest BCUT2D eigenvalue weighted by Crippen LogP contribution is -2.42. The predicted molar refractivity (Wildman–Crippen MR) is 104 cm³/mol. The highest BCUT2D eigenvalue weighted by atomic mass is 16.5. The molecular weight excluding hydrogens is 346 g/mol. The van der Waals surface area contributed by atoms with Crippen LogP contribution in [-0.2, 0) is 14.3 Å². The molecule has 1 saturated heterocycles. The summed E-state index contributed by atoms with van der Waals surface area (Å²) in [5.74, 6) is 0.737. The van der Waals surface area contributed by atoms with Gasteiger partial charge in [0.15, 0.2) is 11.5 Å². The Kier molecular flexibility index (Phi) is 7.70. The van der Waals surface area contributed by atoms with Gasteiger partial charge in [-0.1, -0.05) is 6.07 Å². The summed E-state index contributed by atoms with van der Waals surface area (Å²) in [5, 5.41) is 0. The Morgan fingerprint density at radius 1 is 1.30 bits per heavy atom. The summed E-state index contributed by atoms with van der Waals surface area (Å²) >= 11 is 0. The van der Waals surface area contributed by atoms with Crippen molar-refractivity contribution in [3.63, 3.8) is 0 Å². The molecule has 6 nitrogen and oxygen atoms in total. The summed E-state index contributed by atoms with van der Waals surface area (Å²) in [6.45, 7) is 7.12. The molecule has 1 atom stereocenters. The quantitative estimate of drug-likeness (QED) is 0.540. The van der Waals surface area contributed by atoms with Gasteiger partial charge in [-0.3, -0.25) is 9.59 Å². The average molecular weight is 375 g/mol. The Labute approximate surface area is 161 Å². The number of hydrogen-bond acceptors (Lipinski definition) is 5. The molecule has 1 unspecified atom stereocenters. The molecule has 0 aromatic heterocycles. The van der Waals surface area contributed by atoms with Gasteiger partial charge in [0, 0.05) is 19.2 Å². The molecule has 0 radical (unpaired) electrons. The number of carbonyl (C=O) groups excluding carboxylic acids is 2. The molecule has 0 saturated carbocycles. The smallest absolute Gasteiger partial charge is 0.310 e. The minimum atomic E-state index is -0.233. The molecule has 1 fully saturated rings. The zero-order valence-corrected chi connectivity index (χ0v) is 16.6. The van der Waals surface area contributed by atoms with E-state index < -0.39 is 0 Å². The minimum Gasteiger partial charge on any atom is -0.493 e. The van der Waals surface area contributed by atoms with E-state index in [9.17, 15) is 9.59 Å². The second-order valence-electron chi connectivity index (χ2n) is 6.79. The highest BCUT2D eigenvalue weighted by Crippen LogP contribution is 2.29. The Morgan fingerprint density at radius 3 is 2.74 bits per heavy atom. The van der Waals surface area contributed by atoms with Crippen LogP contribution in [0.15, 0.2) is 24.3 Å². The van der Waals surface area contributed by atoms with Crippen LogP contribution in [0.25, 0.3) is 6.08 Å². The number of piperidine rings is 1. The molecule has 0 spiro atoms. The van der Waals surface area contributed by atoms with Gasteiger partial charge in [0.25, 0.3) is 0 Å². The van der Waals surface area contributed by atoms with E-state index in [0.717, 1.165) is 18.4 Å². The fourth-order valence-corrected chi connectivity index (χ4v) is 3.04. The van der Waals surface area contributed by atoms with Crippen LogP contribution in [0.5, 0.6) is 11.5 Å². The molecule has 1 aliphatic rings. The Bertz CT molecular complexity index is 683. The van der Waals surface area contributed by atoms with Crippen LogP contribution < -0.4 is 9.47 Å². The number of nitrogens with zero attached hydrogens (tertiary/aromatic N) is 1. The monoisotopic (exact) mass is 375 g/mol. The summed E-state index contributed by atoms with van der Waals surface area (Å²) in [6.07, 6.45) is 4.90. The fraction of sp³-hybridized carbons (Fsp3) is 0.524. The van der Waals surface area contributed by atoms with E-state index in [1.165, 1.54) is 6.08 Å². The maximum absolute atomic E-state index is 12.5. The number of hydrogen-bond donors (Lipinski definition) is 0. The van der Waals surface area contributed by atoms with Gasteiger partial charge in [-0.25, -0.2) is 0 Å². The normalized spacial score (nSPS) is 17.2. The largest absolute Gasteiger partial charge is 0.493 e. The van der Waals surface area contributed by atoms with Crippen molar-refractivity contribution in [2.75, 3.05) is 26.8 Å². The van der Waals surface area contributed by atoms with E-state index in [4.69, 9.17) is 14.2 Å². The van der Waals surface area contributed by atoms with Crippen LogP contribution >= 0.6 is 0 Å². The first-order valence-corrected chi connectivity index (χ1v) is 9.43. The van der Waals surface area contributed by atoms with Crippen molar-refractivity contribution in [1.82, 2.24) is 4.90 Å². The summed E-state index contributed by atoms with van der Waals surface area (Å²) in [4.78, 5) is 26.1. The molecule has 0 aliphatic carbocycles. The van der Waals surface area contributed by atoms with E-state index in [1.807, 2.05) is 32.0 Å². The molecule has 2 rings (SSSR count). The first kappa shape index (κ1) is 20.8. The van der Waals surface area contributed by atoms with Crippen LogP contribution in [0.2, 0.25) is 0 Å². The van der Waals surface area contributed by atoms with Crippen LogP contribution in [-0.4, -0.2) is 49.7 Å². The number of methoxy groups -OCH3 is 1. The molecule has 0 bridgehead atoms. The fourth-order valence-electron chi connectivity index (χ4n) is 3.04. The van der Waals surface area contributed by atoms with E-state index in [-0.39, 0.29) is 23.9 Å². The van der Waals surface area contributed by atoms with Crippen molar-refractivity contribution in [3.8, 4) is 11.5 Å². The van der Waals surface area contributed by atoms with Gasteiger partial charge in [0.05, 0.1) is 25.7 Å². The van der Waals surface area contributed by atoms with Crippen LogP contribution in [0.4, 0.5) is 0 Å². The zero-order chi connectivity index (χ0) is 19.8. The third-order valence-corrected chi connectivity index (χ3v) is 4.32. The average Bonchev–Trinajstić information content (AvgIpc) is 2.66. The number of rotatable bonds is 7. The molecule has 148 valence electrons. The lowest BCUT2D eigenvalue weighted by molar-refractivity contribution is -0.150. The van der Waals surface area contributed by atoms with Crippen LogP contribution in [0, 0.1) is 5.92 Å². The number of carbonyl (C=O) groups is 2. The maximum atomic E-state index is 12.5. The summed E-state index contributed by atoms with van der Waals surface area (Å²) in [6, 6.07) is 5.54. The van der Waals surface area contributed by atoms with Gasteiger partial charge in [-0.2, -0.15) is 0 Å². The van der Waals surface area contributed by atoms with Gasteiger partial charge in [0.2, 0.25) is 5.91 Å². The highest BCUT2D eigenvalue weighted by Gasteiger charge is 2.28. The lowest BCUT2D eigenvalue weighted by atomic mass is 9.98. The molecule has 1 amide bonds. The summed E-state index contributed by atoms with van der Waals surface area (Å²) in [7, 11) is 1.59. The SMILES string of the molecule is CCOC(=O)C1CCCN(C(=O)/C=C/c2ccc(OC(C)C)c(OC)c2)C1. The number of ether oxygens (including phenoxy) is 3. The first-order valence-electron chi connectivity index (χ1n) is 9.43. The Hall–Kier alpha value is -2.50. The van der Waals surface area contributed by atoms with Crippen molar-refractivity contribution in [2.45, 2.75) is 39.7 Å².